The van der Waals surface area contributed by atoms with E-state index in [1.807, 2.05) is 30.3 Å². The highest BCUT2D eigenvalue weighted by Gasteiger charge is 2.52. The van der Waals surface area contributed by atoms with E-state index in [4.69, 9.17) is 9.47 Å². The van der Waals surface area contributed by atoms with Gasteiger partial charge in [0.1, 0.15) is 11.6 Å². The van der Waals surface area contributed by atoms with Crippen LogP contribution in [-0.2, 0) is 31.6 Å². The molecule has 4 rings (SSSR count). The zero-order valence-corrected chi connectivity index (χ0v) is 20.5. The summed E-state index contributed by atoms with van der Waals surface area (Å²) >= 11 is 0. The largest absolute Gasteiger partial charge is 0.480 e. The summed E-state index contributed by atoms with van der Waals surface area (Å²) in [5, 5.41) is 0. The van der Waals surface area contributed by atoms with E-state index in [1.165, 1.54) is 16.4 Å². The van der Waals surface area contributed by atoms with Crippen molar-refractivity contribution in [1.82, 2.24) is 4.31 Å². The Balaban J connectivity index is 1.55. The molecule has 0 saturated carbocycles. The third-order valence-corrected chi connectivity index (χ3v) is 7.83. The van der Waals surface area contributed by atoms with Crippen LogP contribution in [0.25, 0.3) is 0 Å². The number of ether oxygens (including phenoxy) is 2. The molecule has 0 aliphatic carbocycles. The summed E-state index contributed by atoms with van der Waals surface area (Å²) in [6.07, 6.45) is 0.374. The number of benzene rings is 3. The maximum Gasteiger partial charge on any atom is 0.308 e. The van der Waals surface area contributed by atoms with Crippen molar-refractivity contribution in [2.75, 3.05) is 19.7 Å². The van der Waals surface area contributed by atoms with Gasteiger partial charge in [0.05, 0.1) is 30.5 Å². The Bertz CT molecular complexity index is 1290. The van der Waals surface area contributed by atoms with Crippen molar-refractivity contribution < 1.29 is 27.1 Å². The van der Waals surface area contributed by atoms with Gasteiger partial charge in [-0.05, 0) is 48.7 Å². The Hall–Kier alpha value is -3.23. The maximum atomic E-state index is 13.8. The summed E-state index contributed by atoms with van der Waals surface area (Å²) < 4.78 is 53.2. The minimum atomic E-state index is -3.81. The molecule has 1 saturated heterocycles. The van der Waals surface area contributed by atoms with E-state index in [0.717, 1.165) is 11.1 Å². The molecule has 0 aromatic heterocycles. The predicted molar refractivity (Wildman–Crippen MR) is 130 cm³/mol. The Labute approximate surface area is 205 Å². The minimum absolute atomic E-state index is 0.0827. The van der Waals surface area contributed by atoms with E-state index >= 15 is 0 Å². The number of carbonyl (C=O) groups is 1. The minimum Gasteiger partial charge on any atom is -0.480 e. The third kappa shape index (κ3) is 5.39. The second-order valence-electron chi connectivity index (χ2n) is 8.70. The summed E-state index contributed by atoms with van der Waals surface area (Å²) in [5.41, 5.74) is 0.614. The first-order chi connectivity index (χ1) is 16.7. The van der Waals surface area contributed by atoms with E-state index < -0.39 is 21.4 Å². The molecule has 3 aromatic rings. The molecule has 0 amide bonds. The molecule has 3 aromatic carbocycles. The van der Waals surface area contributed by atoms with Crippen molar-refractivity contribution in [2.45, 2.75) is 30.8 Å². The van der Waals surface area contributed by atoms with Crippen LogP contribution in [0.5, 0.6) is 5.75 Å². The smallest absolute Gasteiger partial charge is 0.308 e. The highest BCUT2D eigenvalue weighted by Crippen LogP contribution is 2.40. The van der Waals surface area contributed by atoms with E-state index in [9.17, 15) is 17.6 Å². The van der Waals surface area contributed by atoms with Crippen LogP contribution in [0.3, 0.4) is 0 Å². The van der Waals surface area contributed by atoms with Crippen LogP contribution >= 0.6 is 0 Å². The first-order valence-corrected chi connectivity index (χ1v) is 12.9. The van der Waals surface area contributed by atoms with Gasteiger partial charge in [-0.2, -0.15) is 4.31 Å². The molecule has 1 fully saturated rings. The van der Waals surface area contributed by atoms with Crippen LogP contribution in [0.4, 0.5) is 4.39 Å². The molecule has 0 unspecified atom stereocenters. The fourth-order valence-electron chi connectivity index (χ4n) is 4.20. The van der Waals surface area contributed by atoms with Crippen LogP contribution in [-0.4, -0.2) is 38.4 Å². The van der Waals surface area contributed by atoms with Gasteiger partial charge < -0.3 is 9.47 Å². The van der Waals surface area contributed by atoms with Crippen molar-refractivity contribution in [1.29, 1.82) is 0 Å². The lowest BCUT2D eigenvalue weighted by atomic mass is 9.87. The molecule has 184 valence electrons. The monoisotopic (exact) mass is 497 g/mol. The van der Waals surface area contributed by atoms with Crippen molar-refractivity contribution in [3.63, 3.8) is 0 Å². The zero-order valence-electron chi connectivity index (χ0n) is 19.7. The molecule has 8 heteroatoms. The summed E-state index contributed by atoms with van der Waals surface area (Å²) in [5.74, 6) is -0.794. The van der Waals surface area contributed by atoms with Crippen LogP contribution < -0.4 is 4.74 Å². The fourth-order valence-corrected chi connectivity index (χ4v) is 5.81. The Kier molecular flexibility index (Phi) is 7.23. The number of esters is 1. The molecular formula is C27H28FNO5S. The Morgan fingerprint density at radius 1 is 1.03 bits per heavy atom. The van der Waals surface area contributed by atoms with Crippen molar-refractivity contribution >= 4 is 16.0 Å². The molecule has 1 atom stereocenters. The average Bonchev–Trinajstić information content (AvgIpc) is 2.82. The number of hydrogen-bond donors (Lipinski definition) is 0. The quantitative estimate of drug-likeness (QED) is 0.406. The zero-order chi connectivity index (χ0) is 25.1. The maximum absolute atomic E-state index is 13.8. The van der Waals surface area contributed by atoms with Crippen LogP contribution in [0.2, 0.25) is 0 Å². The molecule has 0 N–H and O–H groups in total. The highest BCUT2D eigenvalue weighted by molar-refractivity contribution is 7.89. The second-order valence-corrected chi connectivity index (χ2v) is 10.6. The molecular weight excluding hydrogens is 469 g/mol. The van der Waals surface area contributed by atoms with Gasteiger partial charge in [0, 0.05) is 6.07 Å². The Morgan fingerprint density at radius 3 is 2.43 bits per heavy atom. The summed E-state index contributed by atoms with van der Waals surface area (Å²) in [4.78, 5) is 12.1. The average molecular weight is 498 g/mol. The lowest BCUT2D eigenvalue weighted by Gasteiger charge is -2.48. The van der Waals surface area contributed by atoms with Gasteiger partial charge in [0.15, 0.2) is 5.60 Å². The fraction of sp³-hybridized carbons (Fsp3) is 0.296. The van der Waals surface area contributed by atoms with E-state index in [1.54, 1.807) is 50.2 Å². The number of sulfonamides is 1. The number of rotatable bonds is 9. The molecule has 0 spiro atoms. The van der Waals surface area contributed by atoms with Gasteiger partial charge >= 0.3 is 5.97 Å². The summed E-state index contributed by atoms with van der Waals surface area (Å²) in [7, 11) is -3.81. The first-order valence-electron chi connectivity index (χ1n) is 11.5. The number of nitrogens with zero attached hydrogens (tertiary/aromatic N) is 1. The lowest BCUT2D eigenvalue weighted by molar-refractivity contribution is -0.147. The van der Waals surface area contributed by atoms with Gasteiger partial charge in [-0.3, -0.25) is 4.79 Å². The normalized spacial score (nSPS) is 16.2. The van der Waals surface area contributed by atoms with Crippen molar-refractivity contribution in [3.8, 4) is 5.75 Å². The molecule has 6 nitrogen and oxygen atoms in total. The van der Waals surface area contributed by atoms with Gasteiger partial charge in [0.2, 0.25) is 10.0 Å². The topological polar surface area (TPSA) is 72.9 Å². The first kappa shape index (κ1) is 24.9. The van der Waals surface area contributed by atoms with Crippen LogP contribution in [0.15, 0.2) is 83.8 Å². The molecule has 1 aliphatic heterocycles. The van der Waals surface area contributed by atoms with E-state index in [2.05, 4.69) is 0 Å². The second kappa shape index (κ2) is 10.2. The molecule has 1 heterocycles. The lowest BCUT2D eigenvalue weighted by Crippen LogP contribution is -2.64. The van der Waals surface area contributed by atoms with Crippen LogP contribution in [0, 0.1) is 11.7 Å². The number of hydrogen-bond acceptors (Lipinski definition) is 5. The molecule has 0 radical (unpaired) electrons. The standard InChI is InChI=1S/C27H28FNO5S/c1-3-33-26(30)20(2)15-21-9-7-14-25(16-21)35(31,32)29-18-27(19-29,22-10-5-4-6-11-22)34-24-13-8-12-23(28)17-24/h4-14,16-17,20H,3,15,18-19H2,1-2H3/t20-/m0/s1. The SMILES string of the molecule is CCOC(=O)[C@@H](C)Cc1cccc(S(=O)(=O)N2CC(Oc3cccc(F)c3)(c3ccccc3)C2)c1. The van der Waals surface area contributed by atoms with Gasteiger partial charge in [0.25, 0.3) is 0 Å². The van der Waals surface area contributed by atoms with Crippen molar-refractivity contribution in [3.05, 3.63) is 95.8 Å². The van der Waals surface area contributed by atoms with Gasteiger partial charge in [-0.15, -0.1) is 0 Å². The number of carbonyl (C=O) groups excluding carboxylic acids is 1. The van der Waals surface area contributed by atoms with E-state index in [0.29, 0.717) is 18.8 Å². The molecule has 0 bridgehead atoms. The van der Waals surface area contributed by atoms with Crippen LogP contribution in [0.1, 0.15) is 25.0 Å². The van der Waals surface area contributed by atoms with Crippen molar-refractivity contribution in [2.24, 2.45) is 5.92 Å². The van der Waals surface area contributed by atoms with E-state index in [-0.39, 0.29) is 29.9 Å². The molecule has 35 heavy (non-hydrogen) atoms. The van der Waals surface area contributed by atoms with Gasteiger partial charge in [-0.25, -0.2) is 12.8 Å². The summed E-state index contributed by atoms with van der Waals surface area (Å²) in [6, 6.07) is 21.8. The van der Waals surface area contributed by atoms with Gasteiger partial charge in [-0.1, -0.05) is 55.5 Å². The highest BCUT2D eigenvalue weighted by atomic mass is 32.2. The Morgan fingerprint density at radius 2 is 1.74 bits per heavy atom. The number of halogens is 1. The molecule has 1 aliphatic rings. The summed E-state index contributed by atoms with van der Waals surface area (Å²) in [6.45, 7) is 3.97. The predicted octanol–water partition coefficient (Wildman–Crippen LogP) is 4.55. The third-order valence-electron chi connectivity index (χ3n) is 6.04.